The summed E-state index contributed by atoms with van der Waals surface area (Å²) in [5, 5.41) is 0. The SMILES string of the molecule is CC(c1cc(F)cc(F)c1)N(C)CCN. The summed E-state index contributed by atoms with van der Waals surface area (Å²) in [6.07, 6.45) is 0. The van der Waals surface area contributed by atoms with E-state index < -0.39 is 11.6 Å². The van der Waals surface area contributed by atoms with Crippen LogP contribution in [0.4, 0.5) is 8.78 Å². The molecule has 1 aromatic carbocycles. The van der Waals surface area contributed by atoms with E-state index in [1.165, 1.54) is 12.1 Å². The molecule has 0 radical (unpaired) electrons. The van der Waals surface area contributed by atoms with Gasteiger partial charge in [0.15, 0.2) is 0 Å². The van der Waals surface area contributed by atoms with Crippen molar-refractivity contribution in [2.75, 3.05) is 20.1 Å². The zero-order valence-electron chi connectivity index (χ0n) is 9.00. The molecule has 1 unspecified atom stereocenters. The zero-order valence-corrected chi connectivity index (χ0v) is 9.00. The van der Waals surface area contributed by atoms with Crippen molar-refractivity contribution in [1.29, 1.82) is 0 Å². The molecule has 15 heavy (non-hydrogen) atoms. The Kier molecular flexibility index (Phi) is 4.17. The number of rotatable bonds is 4. The standard InChI is InChI=1S/C11H16F2N2/c1-8(15(2)4-3-14)9-5-10(12)7-11(13)6-9/h5-8H,3-4,14H2,1-2H3. The fourth-order valence-electron chi connectivity index (χ4n) is 1.47. The van der Waals surface area contributed by atoms with Crippen LogP contribution in [0.15, 0.2) is 18.2 Å². The third kappa shape index (κ3) is 3.25. The van der Waals surface area contributed by atoms with Crippen LogP contribution in [-0.2, 0) is 0 Å². The van der Waals surface area contributed by atoms with E-state index in [2.05, 4.69) is 0 Å². The lowest BCUT2D eigenvalue weighted by molar-refractivity contribution is 0.268. The first kappa shape index (κ1) is 12.1. The average molecular weight is 214 g/mol. The number of halogens is 2. The first-order valence-corrected chi connectivity index (χ1v) is 4.91. The van der Waals surface area contributed by atoms with E-state index in [0.29, 0.717) is 18.7 Å². The van der Waals surface area contributed by atoms with Crippen LogP contribution in [-0.4, -0.2) is 25.0 Å². The molecule has 0 heterocycles. The summed E-state index contributed by atoms with van der Waals surface area (Å²) < 4.78 is 25.9. The van der Waals surface area contributed by atoms with Crippen LogP contribution in [0.5, 0.6) is 0 Å². The van der Waals surface area contributed by atoms with Gasteiger partial charge in [0.1, 0.15) is 11.6 Å². The van der Waals surface area contributed by atoms with Crippen LogP contribution in [0.25, 0.3) is 0 Å². The normalized spacial score (nSPS) is 13.2. The molecule has 0 spiro atoms. The van der Waals surface area contributed by atoms with Gasteiger partial charge < -0.3 is 5.73 Å². The monoisotopic (exact) mass is 214 g/mol. The molecule has 1 aromatic rings. The summed E-state index contributed by atoms with van der Waals surface area (Å²) in [6, 6.07) is 3.53. The number of nitrogens with zero attached hydrogens (tertiary/aromatic N) is 1. The summed E-state index contributed by atoms with van der Waals surface area (Å²) >= 11 is 0. The summed E-state index contributed by atoms with van der Waals surface area (Å²) in [5.74, 6) is -1.09. The van der Waals surface area contributed by atoms with E-state index in [9.17, 15) is 8.78 Å². The van der Waals surface area contributed by atoms with E-state index >= 15 is 0 Å². The maximum Gasteiger partial charge on any atom is 0.126 e. The van der Waals surface area contributed by atoms with E-state index in [4.69, 9.17) is 5.73 Å². The molecule has 0 fully saturated rings. The maximum atomic E-state index is 13.0. The highest BCUT2D eigenvalue weighted by Crippen LogP contribution is 2.20. The van der Waals surface area contributed by atoms with Crippen molar-refractivity contribution in [3.63, 3.8) is 0 Å². The Bertz CT molecular complexity index is 308. The van der Waals surface area contributed by atoms with Crippen LogP contribution in [0.3, 0.4) is 0 Å². The van der Waals surface area contributed by atoms with Crippen molar-refractivity contribution in [2.45, 2.75) is 13.0 Å². The molecule has 0 bridgehead atoms. The van der Waals surface area contributed by atoms with Gasteiger partial charge in [-0.3, -0.25) is 4.90 Å². The lowest BCUT2D eigenvalue weighted by Gasteiger charge is -2.24. The second-order valence-electron chi connectivity index (χ2n) is 3.65. The molecule has 84 valence electrons. The summed E-state index contributed by atoms with van der Waals surface area (Å²) in [4.78, 5) is 1.95. The van der Waals surface area contributed by atoms with Gasteiger partial charge in [-0.25, -0.2) is 8.78 Å². The molecular formula is C11H16F2N2. The molecular weight excluding hydrogens is 198 g/mol. The second-order valence-corrected chi connectivity index (χ2v) is 3.65. The Balaban J connectivity index is 2.85. The Hall–Kier alpha value is -1.00. The van der Waals surface area contributed by atoms with Gasteiger partial charge in [-0.2, -0.15) is 0 Å². The van der Waals surface area contributed by atoms with Crippen LogP contribution >= 0.6 is 0 Å². The minimum absolute atomic E-state index is 0.0428. The maximum absolute atomic E-state index is 13.0. The lowest BCUT2D eigenvalue weighted by atomic mass is 10.1. The molecule has 4 heteroatoms. The third-order valence-electron chi connectivity index (χ3n) is 2.51. The molecule has 0 aliphatic carbocycles. The van der Waals surface area contributed by atoms with Gasteiger partial charge in [0.25, 0.3) is 0 Å². The molecule has 0 amide bonds. The predicted octanol–water partition coefficient (Wildman–Crippen LogP) is 1.92. The van der Waals surface area contributed by atoms with E-state index in [1.54, 1.807) is 0 Å². The molecule has 0 aliphatic heterocycles. The number of hydrogen-bond acceptors (Lipinski definition) is 2. The van der Waals surface area contributed by atoms with Crippen molar-refractivity contribution >= 4 is 0 Å². The molecule has 2 nitrogen and oxygen atoms in total. The fourth-order valence-corrected chi connectivity index (χ4v) is 1.47. The molecule has 1 rings (SSSR count). The Labute approximate surface area is 88.7 Å². The second kappa shape index (κ2) is 5.19. The van der Waals surface area contributed by atoms with Crippen LogP contribution < -0.4 is 5.73 Å². The number of nitrogens with two attached hydrogens (primary N) is 1. The van der Waals surface area contributed by atoms with Gasteiger partial charge in [-0.1, -0.05) is 0 Å². The van der Waals surface area contributed by atoms with Crippen LogP contribution in [0, 0.1) is 11.6 Å². The lowest BCUT2D eigenvalue weighted by Crippen LogP contribution is -2.28. The molecule has 1 atom stereocenters. The smallest absolute Gasteiger partial charge is 0.126 e. The minimum Gasteiger partial charge on any atom is -0.329 e. The van der Waals surface area contributed by atoms with Crippen molar-refractivity contribution in [3.8, 4) is 0 Å². The van der Waals surface area contributed by atoms with E-state index in [-0.39, 0.29) is 6.04 Å². The molecule has 2 N–H and O–H groups in total. The fraction of sp³-hybridized carbons (Fsp3) is 0.455. The van der Waals surface area contributed by atoms with E-state index in [0.717, 1.165) is 6.07 Å². The predicted molar refractivity (Wildman–Crippen MR) is 56.5 cm³/mol. The van der Waals surface area contributed by atoms with Gasteiger partial charge >= 0.3 is 0 Å². The molecule has 0 saturated carbocycles. The number of hydrogen-bond donors (Lipinski definition) is 1. The van der Waals surface area contributed by atoms with Crippen LogP contribution in [0.1, 0.15) is 18.5 Å². The van der Waals surface area contributed by atoms with Gasteiger partial charge in [-0.15, -0.1) is 0 Å². The van der Waals surface area contributed by atoms with Crippen molar-refractivity contribution in [1.82, 2.24) is 4.90 Å². The highest BCUT2D eigenvalue weighted by Gasteiger charge is 2.12. The summed E-state index contributed by atoms with van der Waals surface area (Å²) in [5.41, 5.74) is 6.04. The molecule has 0 aliphatic rings. The van der Waals surface area contributed by atoms with Gasteiger partial charge in [-0.05, 0) is 31.7 Å². The summed E-state index contributed by atoms with van der Waals surface area (Å²) in [6.45, 7) is 3.11. The highest BCUT2D eigenvalue weighted by molar-refractivity contribution is 5.20. The minimum atomic E-state index is -0.544. The van der Waals surface area contributed by atoms with Gasteiger partial charge in [0.2, 0.25) is 0 Å². The Morgan fingerprint density at radius 2 is 1.80 bits per heavy atom. The average Bonchev–Trinajstić information content (AvgIpc) is 2.15. The first-order valence-electron chi connectivity index (χ1n) is 4.91. The molecule has 0 aromatic heterocycles. The number of likely N-dealkylation sites (N-methyl/N-ethyl adjacent to an activating group) is 1. The van der Waals surface area contributed by atoms with Crippen molar-refractivity contribution < 1.29 is 8.78 Å². The van der Waals surface area contributed by atoms with Crippen molar-refractivity contribution in [2.24, 2.45) is 5.73 Å². The Morgan fingerprint density at radius 3 is 2.27 bits per heavy atom. The number of benzene rings is 1. The zero-order chi connectivity index (χ0) is 11.4. The van der Waals surface area contributed by atoms with E-state index in [1.807, 2.05) is 18.9 Å². The highest BCUT2D eigenvalue weighted by atomic mass is 19.1. The first-order chi connectivity index (χ1) is 7.04. The topological polar surface area (TPSA) is 29.3 Å². The van der Waals surface area contributed by atoms with Crippen molar-refractivity contribution in [3.05, 3.63) is 35.4 Å². The summed E-state index contributed by atoms with van der Waals surface area (Å²) in [7, 11) is 1.88. The van der Waals surface area contributed by atoms with Gasteiger partial charge in [0, 0.05) is 25.2 Å². The molecule has 0 saturated heterocycles. The Morgan fingerprint density at radius 1 is 1.27 bits per heavy atom. The van der Waals surface area contributed by atoms with Crippen LogP contribution in [0.2, 0.25) is 0 Å². The largest absolute Gasteiger partial charge is 0.329 e. The van der Waals surface area contributed by atoms with Gasteiger partial charge in [0.05, 0.1) is 0 Å². The third-order valence-corrected chi connectivity index (χ3v) is 2.51. The quantitative estimate of drug-likeness (QED) is 0.829.